The second kappa shape index (κ2) is 5.14. The van der Waals surface area contributed by atoms with E-state index in [0.717, 1.165) is 18.9 Å². The van der Waals surface area contributed by atoms with Crippen molar-refractivity contribution in [3.63, 3.8) is 0 Å². The maximum Gasteiger partial charge on any atom is 0.435 e. The van der Waals surface area contributed by atoms with E-state index >= 15 is 0 Å². The monoisotopic (exact) mass is 273 g/mol. The molecule has 104 valence electrons. The molecule has 0 bridgehead atoms. The molecule has 0 spiro atoms. The molecule has 1 aliphatic rings. The van der Waals surface area contributed by atoms with Gasteiger partial charge in [0.15, 0.2) is 11.5 Å². The summed E-state index contributed by atoms with van der Waals surface area (Å²) in [4.78, 5) is 13.2. The molecule has 1 aromatic rings. The molecule has 2 heterocycles. The van der Waals surface area contributed by atoms with Crippen LogP contribution in [-0.4, -0.2) is 29.1 Å². The predicted molar refractivity (Wildman–Crippen MR) is 62.7 cm³/mol. The number of piperidine rings is 1. The van der Waals surface area contributed by atoms with Crippen LogP contribution in [0.2, 0.25) is 0 Å². The Kier molecular flexibility index (Phi) is 3.73. The van der Waals surface area contributed by atoms with Crippen molar-refractivity contribution < 1.29 is 18.0 Å². The predicted octanol–water partition coefficient (Wildman–Crippen LogP) is 2.30. The number of Topliss-reactive ketones (excluding diaryl/α,β-unsaturated/α-hetero) is 1. The third-order valence-corrected chi connectivity index (χ3v) is 3.26. The highest BCUT2D eigenvalue weighted by atomic mass is 19.4. The third kappa shape index (κ3) is 3.21. The lowest BCUT2D eigenvalue weighted by atomic mass is 9.95. The molecule has 0 N–H and O–H groups in total. The van der Waals surface area contributed by atoms with Crippen LogP contribution < -0.4 is 4.90 Å². The molecule has 2 rings (SSSR count). The van der Waals surface area contributed by atoms with Crippen LogP contribution in [0, 0.1) is 5.92 Å². The fourth-order valence-electron chi connectivity index (χ4n) is 2.16. The van der Waals surface area contributed by atoms with Gasteiger partial charge < -0.3 is 4.90 Å². The average Bonchev–Trinajstić information content (AvgIpc) is 2.38. The van der Waals surface area contributed by atoms with Crippen LogP contribution in [0.1, 0.15) is 25.5 Å². The van der Waals surface area contributed by atoms with Gasteiger partial charge in [0.1, 0.15) is 5.78 Å². The summed E-state index contributed by atoms with van der Waals surface area (Å²) >= 11 is 0. The Bertz CT molecular complexity index is 458. The molecule has 1 aromatic heterocycles. The van der Waals surface area contributed by atoms with E-state index in [1.165, 1.54) is 13.0 Å². The molecule has 0 amide bonds. The number of carbonyl (C=O) groups is 1. The third-order valence-electron chi connectivity index (χ3n) is 3.26. The van der Waals surface area contributed by atoms with Gasteiger partial charge in [-0.2, -0.15) is 13.2 Å². The zero-order valence-electron chi connectivity index (χ0n) is 10.4. The van der Waals surface area contributed by atoms with Gasteiger partial charge in [-0.3, -0.25) is 4.79 Å². The summed E-state index contributed by atoms with van der Waals surface area (Å²) in [6.07, 6.45) is -2.83. The van der Waals surface area contributed by atoms with Crippen LogP contribution in [0.25, 0.3) is 0 Å². The minimum atomic E-state index is -4.48. The molecule has 0 radical (unpaired) electrons. The lowest BCUT2D eigenvalue weighted by Gasteiger charge is -2.32. The molecule has 0 aromatic carbocycles. The van der Waals surface area contributed by atoms with Crippen molar-refractivity contribution in [2.45, 2.75) is 25.9 Å². The molecule has 1 atom stereocenters. The Morgan fingerprint density at radius 3 is 2.63 bits per heavy atom. The summed E-state index contributed by atoms with van der Waals surface area (Å²) in [6.45, 7) is 2.71. The van der Waals surface area contributed by atoms with E-state index in [1.54, 1.807) is 0 Å². The SMILES string of the molecule is CC(=O)C1CCCN(c2ccc(C(F)(F)F)nn2)C1. The number of ketones is 1. The number of anilines is 1. The first-order valence-electron chi connectivity index (χ1n) is 6.04. The van der Waals surface area contributed by atoms with Crippen molar-refractivity contribution in [2.75, 3.05) is 18.0 Å². The first-order valence-corrected chi connectivity index (χ1v) is 6.04. The molecule has 19 heavy (non-hydrogen) atoms. The molecule has 1 saturated heterocycles. The van der Waals surface area contributed by atoms with E-state index in [0.29, 0.717) is 18.9 Å². The van der Waals surface area contributed by atoms with Gasteiger partial charge in [0.25, 0.3) is 0 Å². The van der Waals surface area contributed by atoms with E-state index < -0.39 is 11.9 Å². The van der Waals surface area contributed by atoms with Crippen molar-refractivity contribution in [2.24, 2.45) is 5.92 Å². The lowest BCUT2D eigenvalue weighted by molar-refractivity contribution is -0.141. The molecular formula is C12H14F3N3O. The summed E-state index contributed by atoms with van der Waals surface area (Å²) < 4.78 is 37.1. The van der Waals surface area contributed by atoms with E-state index in [1.807, 2.05) is 4.90 Å². The summed E-state index contributed by atoms with van der Waals surface area (Å²) in [7, 11) is 0. The van der Waals surface area contributed by atoms with E-state index in [-0.39, 0.29) is 11.7 Å². The van der Waals surface area contributed by atoms with Crippen LogP contribution in [0.3, 0.4) is 0 Å². The number of halogens is 3. The second-order valence-corrected chi connectivity index (χ2v) is 4.67. The topological polar surface area (TPSA) is 46.1 Å². The number of hydrogen-bond acceptors (Lipinski definition) is 4. The molecule has 1 fully saturated rings. The fourth-order valence-corrected chi connectivity index (χ4v) is 2.16. The largest absolute Gasteiger partial charge is 0.435 e. The summed E-state index contributed by atoms with van der Waals surface area (Å²) in [5, 5.41) is 6.80. The van der Waals surface area contributed by atoms with Crippen LogP contribution in [0.4, 0.5) is 19.0 Å². The molecule has 7 heteroatoms. The second-order valence-electron chi connectivity index (χ2n) is 4.67. The van der Waals surface area contributed by atoms with Gasteiger partial charge in [0, 0.05) is 19.0 Å². The van der Waals surface area contributed by atoms with Gasteiger partial charge in [-0.15, -0.1) is 10.2 Å². The van der Waals surface area contributed by atoms with E-state index in [2.05, 4.69) is 10.2 Å². The van der Waals surface area contributed by atoms with Crippen molar-refractivity contribution in [3.8, 4) is 0 Å². The molecule has 1 unspecified atom stereocenters. The number of rotatable bonds is 2. The average molecular weight is 273 g/mol. The van der Waals surface area contributed by atoms with Crippen molar-refractivity contribution in [3.05, 3.63) is 17.8 Å². The zero-order valence-corrected chi connectivity index (χ0v) is 10.4. The quantitative estimate of drug-likeness (QED) is 0.829. The molecular weight excluding hydrogens is 259 g/mol. The highest BCUT2D eigenvalue weighted by Crippen LogP contribution is 2.28. The smallest absolute Gasteiger partial charge is 0.354 e. The Labute approximate surface area is 108 Å². The van der Waals surface area contributed by atoms with Gasteiger partial charge in [0.2, 0.25) is 0 Å². The molecule has 1 aliphatic heterocycles. The van der Waals surface area contributed by atoms with Crippen LogP contribution in [0.15, 0.2) is 12.1 Å². The first kappa shape index (κ1) is 13.8. The van der Waals surface area contributed by atoms with Crippen molar-refractivity contribution >= 4 is 11.6 Å². The lowest BCUT2D eigenvalue weighted by Crippen LogP contribution is -2.38. The maximum atomic E-state index is 12.4. The van der Waals surface area contributed by atoms with Gasteiger partial charge in [-0.1, -0.05) is 0 Å². The number of nitrogens with zero attached hydrogens (tertiary/aromatic N) is 3. The van der Waals surface area contributed by atoms with Gasteiger partial charge in [-0.05, 0) is 31.9 Å². The van der Waals surface area contributed by atoms with Gasteiger partial charge >= 0.3 is 6.18 Å². The fraction of sp³-hybridized carbons (Fsp3) is 0.583. The molecule has 0 aliphatic carbocycles. The van der Waals surface area contributed by atoms with Crippen molar-refractivity contribution in [1.29, 1.82) is 0 Å². The van der Waals surface area contributed by atoms with Crippen LogP contribution >= 0.6 is 0 Å². The minimum Gasteiger partial charge on any atom is -0.354 e. The summed E-state index contributed by atoms with van der Waals surface area (Å²) in [5.74, 6) is 0.418. The Hall–Kier alpha value is -1.66. The van der Waals surface area contributed by atoms with Crippen molar-refractivity contribution in [1.82, 2.24) is 10.2 Å². The Morgan fingerprint density at radius 2 is 2.11 bits per heavy atom. The van der Waals surface area contributed by atoms with E-state index in [4.69, 9.17) is 0 Å². The number of carbonyl (C=O) groups excluding carboxylic acids is 1. The number of alkyl halides is 3. The van der Waals surface area contributed by atoms with Gasteiger partial charge in [-0.25, -0.2) is 0 Å². The highest BCUT2D eigenvalue weighted by molar-refractivity contribution is 5.79. The number of hydrogen-bond donors (Lipinski definition) is 0. The van der Waals surface area contributed by atoms with Gasteiger partial charge in [0.05, 0.1) is 0 Å². The highest BCUT2D eigenvalue weighted by Gasteiger charge is 2.33. The maximum absolute atomic E-state index is 12.4. The standard InChI is InChI=1S/C12H14F3N3O/c1-8(19)9-3-2-6-18(7-9)11-5-4-10(16-17-11)12(13,14)15/h4-5,9H,2-3,6-7H2,1H3. The summed E-state index contributed by atoms with van der Waals surface area (Å²) in [6, 6.07) is 2.22. The first-order chi connectivity index (χ1) is 8.88. The summed E-state index contributed by atoms with van der Waals surface area (Å²) in [5.41, 5.74) is -1.00. The van der Waals surface area contributed by atoms with Crippen LogP contribution in [-0.2, 0) is 11.0 Å². The molecule has 4 nitrogen and oxygen atoms in total. The zero-order chi connectivity index (χ0) is 14.0. The normalized spacial score (nSPS) is 20.4. The minimum absolute atomic E-state index is 0.0714. The molecule has 0 saturated carbocycles. The Morgan fingerprint density at radius 1 is 1.37 bits per heavy atom. The van der Waals surface area contributed by atoms with Crippen LogP contribution in [0.5, 0.6) is 0 Å². The Balaban J connectivity index is 2.12. The van der Waals surface area contributed by atoms with E-state index in [9.17, 15) is 18.0 Å². The number of aromatic nitrogens is 2.